The lowest BCUT2D eigenvalue weighted by Gasteiger charge is -2.27. The van der Waals surface area contributed by atoms with Gasteiger partial charge in [0.2, 0.25) is 0 Å². The Balaban J connectivity index is 1.96. The van der Waals surface area contributed by atoms with Gasteiger partial charge in [-0.1, -0.05) is 6.92 Å². The van der Waals surface area contributed by atoms with Crippen LogP contribution in [0.25, 0.3) is 0 Å². The summed E-state index contributed by atoms with van der Waals surface area (Å²) < 4.78 is 31.9. The Labute approximate surface area is 119 Å². The third kappa shape index (κ3) is 4.84. The average molecular weight is 283 g/mol. The molecule has 1 aromatic carbocycles. The van der Waals surface area contributed by atoms with Gasteiger partial charge in [-0.25, -0.2) is 8.78 Å². The van der Waals surface area contributed by atoms with Crippen molar-refractivity contribution >= 4 is 0 Å². The van der Waals surface area contributed by atoms with Crippen LogP contribution in [-0.2, 0) is 11.2 Å². The number of hydrogen-bond acceptors (Lipinski definition) is 2. The Kier molecular flexibility index (Phi) is 5.92. The van der Waals surface area contributed by atoms with Crippen molar-refractivity contribution in [3.8, 4) is 0 Å². The second-order valence-electron chi connectivity index (χ2n) is 5.53. The molecule has 0 aromatic heterocycles. The van der Waals surface area contributed by atoms with E-state index in [0.717, 1.165) is 50.7 Å². The van der Waals surface area contributed by atoms with Crippen LogP contribution in [-0.4, -0.2) is 25.8 Å². The van der Waals surface area contributed by atoms with Crippen molar-refractivity contribution in [2.45, 2.75) is 38.6 Å². The second kappa shape index (κ2) is 7.70. The lowest BCUT2D eigenvalue weighted by molar-refractivity contribution is 0.0606. The van der Waals surface area contributed by atoms with E-state index in [0.29, 0.717) is 12.3 Å². The lowest BCUT2D eigenvalue weighted by Crippen LogP contribution is -2.34. The summed E-state index contributed by atoms with van der Waals surface area (Å²) in [6, 6.07) is 4.04. The Morgan fingerprint density at radius 3 is 2.45 bits per heavy atom. The molecule has 1 unspecified atom stereocenters. The van der Waals surface area contributed by atoms with Crippen LogP contribution >= 0.6 is 0 Å². The fourth-order valence-electron chi connectivity index (χ4n) is 2.93. The van der Waals surface area contributed by atoms with Gasteiger partial charge in [0.15, 0.2) is 0 Å². The first-order valence-electron chi connectivity index (χ1n) is 7.43. The maximum atomic E-state index is 13.2. The number of halogens is 2. The lowest BCUT2D eigenvalue weighted by atomic mass is 9.90. The summed E-state index contributed by atoms with van der Waals surface area (Å²) in [6.45, 7) is 4.59. The van der Waals surface area contributed by atoms with Gasteiger partial charge in [0.1, 0.15) is 11.6 Å². The predicted molar refractivity (Wildman–Crippen MR) is 75.7 cm³/mol. The van der Waals surface area contributed by atoms with Crippen molar-refractivity contribution in [2.24, 2.45) is 5.92 Å². The molecular weight excluding hydrogens is 260 g/mol. The molecular formula is C16H23F2NO. The van der Waals surface area contributed by atoms with Gasteiger partial charge in [0, 0.05) is 25.3 Å². The molecule has 1 N–H and O–H groups in total. The third-order valence-corrected chi connectivity index (χ3v) is 3.86. The third-order valence-electron chi connectivity index (χ3n) is 3.86. The zero-order chi connectivity index (χ0) is 14.4. The molecule has 4 heteroatoms. The van der Waals surface area contributed by atoms with Crippen molar-refractivity contribution in [1.29, 1.82) is 0 Å². The van der Waals surface area contributed by atoms with E-state index in [1.54, 1.807) is 0 Å². The molecule has 0 bridgehead atoms. The minimum Gasteiger partial charge on any atom is -0.381 e. The number of benzene rings is 1. The van der Waals surface area contributed by atoms with Crippen LogP contribution in [0, 0.1) is 17.6 Å². The molecule has 1 saturated heterocycles. The van der Waals surface area contributed by atoms with Gasteiger partial charge in [-0.05, 0) is 55.8 Å². The molecule has 2 nitrogen and oxygen atoms in total. The van der Waals surface area contributed by atoms with Gasteiger partial charge in [0.05, 0.1) is 0 Å². The first-order chi connectivity index (χ1) is 9.67. The molecule has 2 rings (SSSR count). The largest absolute Gasteiger partial charge is 0.381 e. The molecule has 1 aliphatic rings. The van der Waals surface area contributed by atoms with Crippen LogP contribution in [0.15, 0.2) is 18.2 Å². The van der Waals surface area contributed by atoms with Gasteiger partial charge in [-0.3, -0.25) is 0 Å². The molecule has 1 aromatic rings. The highest BCUT2D eigenvalue weighted by atomic mass is 19.1. The van der Waals surface area contributed by atoms with E-state index >= 15 is 0 Å². The molecule has 1 aliphatic heterocycles. The number of rotatable bonds is 6. The fraction of sp³-hybridized carbons (Fsp3) is 0.625. The Hall–Kier alpha value is -1.00. The summed E-state index contributed by atoms with van der Waals surface area (Å²) in [5, 5.41) is 3.43. The molecule has 1 atom stereocenters. The van der Waals surface area contributed by atoms with E-state index in [4.69, 9.17) is 4.74 Å². The van der Waals surface area contributed by atoms with Crippen molar-refractivity contribution in [3.63, 3.8) is 0 Å². The summed E-state index contributed by atoms with van der Waals surface area (Å²) in [6.07, 6.45) is 3.87. The zero-order valence-electron chi connectivity index (χ0n) is 12.0. The fourth-order valence-corrected chi connectivity index (χ4v) is 2.93. The minimum absolute atomic E-state index is 0.268. The molecule has 0 spiro atoms. The van der Waals surface area contributed by atoms with E-state index in [2.05, 4.69) is 12.2 Å². The molecule has 0 aliphatic carbocycles. The maximum Gasteiger partial charge on any atom is 0.126 e. The maximum absolute atomic E-state index is 13.2. The monoisotopic (exact) mass is 283 g/mol. The van der Waals surface area contributed by atoms with Crippen LogP contribution in [0.2, 0.25) is 0 Å². The highest BCUT2D eigenvalue weighted by molar-refractivity contribution is 5.19. The van der Waals surface area contributed by atoms with Gasteiger partial charge < -0.3 is 10.1 Å². The normalized spacial score (nSPS) is 18.1. The Morgan fingerprint density at radius 1 is 1.20 bits per heavy atom. The van der Waals surface area contributed by atoms with E-state index in [-0.39, 0.29) is 6.04 Å². The standard InChI is InChI=1S/C16H23F2NO/c1-2-19-16(9-12-3-5-20-6-4-12)10-13-7-14(17)11-15(18)8-13/h7-8,11-12,16,19H,2-6,9-10H2,1H3. The first kappa shape index (κ1) is 15.4. The van der Waals surface area contributed by atoms with Crippen molar-refractivity contribution in [1.82, 2.24) is 5.32 Å². The van der Waals surface area contributed by atoms with E-state index in [1.807, 2.05) is 0 Å². The molecule has 0 radical (unpaired) electrons. The molecule has 20 heavy (non-hydrogen) atoms. The van der Waals surface area contributed by atoms with Crippen LogP contribution in [0.1, 0.15) is 31.7 Å². The topological polar surface area (TPSA) is 21.3 Å². The van der Waals surface area contributed by atoms with Crippen molar-refractivity contribution < 1.29 is 13.5 Å². The number of nitrogens with one attached hydrogen (secondary N) is 1. The number of hydrogen-bond donors (Lipinski definition) is 1. The summed E-state index contributed by atoms with van der Waals surface area (Å²) in [5.74, 6) is -0.353. The van der Waals surface area contributed by atoms with Crippen LogP contribution < -0.4 is 5.32 Å². The summed E-state index contributed by atoms with van der Waals surface area (Å²) in [4.78, 5) is 0. The average Bonchev–Trinajstić information content (AvgIpc) is 2.39. The quantitative estimate of drug-likeness (QED) is 0.865. The zero-order valence-corrected chi connectivity index (χ0v) is 12.0. The highest BCUT2D eigenvalue weighted by Crippen LogP contribution is 2.22. The van der Waals surface area contributed by atoms with Crippen LogP contribution in [0.5, 0.6) is 0 Å². The van der Waals surface area contributed by atoms with Gasteiger partial charge in [-0.15, -0.1) is 0 Å². The summed E-state index contributed by atoms with van der Waals surface area (Å²) in [5.41, 5.74) is 0.723. The van der Waals surface area contributed by atoms with Gasteiger partial charge in [-0.2, -0.15) is 0 Å². The highest BCUT2D eigenvalue weighted by Gasteiger charge is 2.19. The Morgan fingerprint density at radius 2 is 1.85 bits per heavy atom. The van der Waals surface area contributed by atoms with Gasteiger partial charge >= 0.3 is 0 Å². The van der Waals surface area contributed by atoms with Crippen molar-refractivity contribution in [2.75, 3.05) is 19.8 Å². The van der Waals surface area contributed by atoms with Crippen molar-refractivity contribution in [3.05, 3.63) is 35.4 Å². The van der Waals surface area contributed by atoms with E-state index in [1.165, 1.54) is 12.1 Å². The molecule has 112 valence electrons. The second-order valence-corrected chi connectivity index (χ2v) is 5.53. The SMILES string of the molecule is CCNC(Cc1cc(F)cc(F)c1)CC1CCOCC1. The molecule has 0 amide bonds. The smallest absolute Gasteiger partial charge is 0.126 e. The summed E-state index contributed by atoms with van der Waals surface area (Å²) in [7, 11) is 0. The summed E-state index contributed by atoms with van der Waals surface area (Å²) >= 11 is 0. The number of ether oxygens (including phenoxy) is 1. The van der Waals surface area contributed by atoms with Gasteiger partial charge in [0.25, 0.3) is 0 Å². The first-order valence-corrected chi connectivity index (χ1v) is 7.43. The molecule has 1 fully saturated rings. The molecule has 1 heterocycles. The Bertz CT molecular complexity index is 399. The number of likely N-dealkylation sites (N-methyl/N-ethyl adjacent to an activating group) is 1. The molecule has 0 saturated carbocycles. The predicted octanol–water partition coefficient (Wildman–Crippen LogP) is 3.30. The van der Waals surface area contributed by atoms with E-state index in [9.17, 15) is 8.78 Å². The van der Waals surface area contributed by atoms with E-state index < -0.39 is 11.6 Å². The van der Waals surface area contributed by atoms with Crippen LogP contribution in [0.3, 0.4) is 0 Å². The minimum atomic E-state index is -0.499. The van der Waals surface area contributed by atoms with Crippen LogP contribution in [0.4, 0.5) is 8.78 Å².